The first-order valence-electron chi connectivity index (χ1n) is 3.83. The first kappa shape index (κ1) is 13.2. The number of hydrogen-bond acceptors (Lipinski definition) is 3. The first-order valence-corrected chi connectivity index (χ1v) is 3.83. The maximum atomic E-state index is 5.72. The van der Waals surface area contributed by atoms with E-state index in [-0.39, 0.29) is 30.9 Å². The van der Waals surface area contributed by atoms with Crippen LogP contribution in [0.25, 0.3) is 11.0 Å². The number of nitrogens with zero attached hydrogens (tertiary/aromatic N) is 2. The van der Waals surface area contributed by atoms with E-state index in [4.69, 9.17) is 5.73 Å². The summed E-state index contributed by atoms with van der Waals surface area (Å²) in [5.41, 5.74) is 8.54. The van der Waals surface area contributed by atoms with Gasteiger partial charge in [-0.15, -0.1) is 24.8 Å². The summed E-state index contributed by atoms with van der Waals surface area (Å²) in [5, 5.41) is 10.5. The van der Waals surface area contributed by atoms with Crippen molar-refractivity contribution in [2.24, 2.45) is 5.73 Å². The van der Waals surface area contributed by atoms with Crippen molar-refractivity contribution in [1.82, 2.24) is 15.4 Å². The number of hydrogen-bond donors (Lipinski definition) is 2. The number of fused-ring (bicyclic) bond motifs is 1. The van der Waals surface area contributed by atoms with Crippen LogP contribution >= 0.6 is 24.8 Å². The number of nitrogens with two attached hydrogens (primary N) is 1. The molecule has 2 rings (SSSR count). The lowest BCUT2D eigenvalue weighted by Gasteiger charge is -2.02. The van der Waals surface area contributed by atoms with Gasteiger partial charge in [-0.25, -0.2) is 0 Å². The van der Waals surface area contributed by atoms with Crippen molar-refractivity contribution in [1.29, 1.82) is 0 Å². The van der Waals surface area contributed by atoms with Gasteiger partial charge in [0.15, 0.2) is 0 Å². The van der Waals surface area contributed by atoms with Crippen molar-refractivity contribution in [3.63, 3.8) is 0 Å². The van der Waals surface area contributed by atoms with Crippen LogP contribution < -0.4 is 5.73 Å². The molecule has 0 fully saturated rings. The lowest BCUT2D eigenvalue weighted by Crippen LogP contribution is -2.04. The van der Waals surface area contributed by atoms with Gasteiger partial charge >= 0.3 is 0 Å². The maximum absolute atomic E-state index is 5.72. The van der Waals surface area contributed by atoms with Crippen LogP contribution in [0, 0.1) is 0 Å². The van der Waals surface area contributed by atoms with E-state index in [1.54, 1.807) is 0 Å². The zero-order valence-corrected chi connectivity index (χ0v) is 9.23. The smallest absolute Gasteiger partial charge is 0.113 e. The molecule has 0 bridgehead atoms. The Morgan fingerprint density at radius 2 is 1.86 bits per heavy atom. The van der Waals surface area contributed by atoms with Crippen molar-refractivity contribution in [3.8, 4) is 0 Å². The number of aromatic amines is 1. The van der Waals surface area contributed by atoms with Crippen LogP contribution in [-0.2, 0) is 0 Å². The van der Waals surface area contributed by atoms with Crippen LogP contribution in [0.2, 0.25) is 0 Å². The molecule has 0 aliphatic rings. The fraction of sp³-hybridized carbons (Fsp3) is 0.250. The van der Waals surface area contributed by atoms with E-state index in [0.29, 0.717) is 0 Å². The first-order chi connectivity index (χ1) is 5.77. The number of rotatable bonds is 1. The average Bonchev–Trinajstić information content (AvgIpc) is 2.49. The number of benzene rings is 1. The van der Waals surface area contributed by atoms with Gasteiger partial charge in [0, 0.05) is 6.04 Å². The summed E-state index contributed by atoms with van der Waals surface area (Å²) < 4.78 is 0. The van der Waals surface area contributed by atoms with Crippen LogP contribution in [0.5, 0.6) is 0 Å². The van der Waals surface area contributed by atoms with Crippen molar-refractivity contribution in [2.75, 3.05) is 0 Å². The SMILES string of the molecule is C[C@@H](N)c1ccc2n[nH]nc2c1.Cl.Cl. The highest BCUT2D eigenvalue weighted by Crippen LogP contribution is 2.14. The van der Waals surface area contributed by atoms with Gasteiger partial charge in [-0.2, -0.15) is 15.4 Å². The monoisotopic (exact) mass is 234 g/mol. The molecule has 3 N–H and O–H groups in total. The average molecular weight is 235 g/mol. The molecule has 4 nitrogen and oxygen atoms in total. The van der Waals surface area contributed by atoms with E-state index < -0.39 is 0 Å². The molecule has 0 saturated carbocycles. The Morgan fingerprint density at radius 3 is 2.50 bits per heavy atom. The lowest BCUT2D eigenvalue weighted by molar-refractivity contribution is 0.819. The number of aromatic nitrogens is 3. The normalized spacial score (nSPS) is 11.6. The van der Waals surface area contributed by atoms with Gasteiger partial charge < -0.3 is 5.73 Å². The molecule has 1 atom stereocenters. The summed E-state index contributed by atoms with van der Waals surface area (Å²) in [6.07, 6.45) is 0. The standard InChI is InChI=1S/C8H10N4.2ClH/c1-5(9)6-2-3-7-8(4-6)11-12-10-7;;/h2-5H,9H2,1H3,(H,10,11,12);2*1H/t5-;;/m1../s1. The molecule has 2 aromatic rings. The van der Waals surface area contributed by atoms with Crippen molar-refractivity contribution in [3.05, 3.63) is 23.8 Å². The van der Waals surface area contributed by atoms with Gasteiger partial charge in [0.25, 0.3) is 0 Å². The molecule has 1 aromatic heterocycles. The quantitative estimate of drug-likeness (QED) is 0.792. The summed E-state index contributed by atoms with van der Waals surface area (Å²) in [6, 6.07) is 5.88. The Morgan fingerprint density at radius 1 is 1.21 bits per heavy atom. The summed E-state index contributed by atoms with van der Waals surface area (Å²) in [5.74, 6) is 0. The van der Waals surface area contributed by atoms with Crippen LogP contribution in [0.1, 0.15) is 18.5 Å². The van der Waals surface area contributed by atoms with Gasteiger partial charge in [-0.05, 0) is 24.6 Å². The Labute approximate surface area is 94.1 Å². The second-order valence-corrected chi connectivity index (χ2v) is 2.86. The summed E-state index contributed by atoms with van der Waals surface area (Å²) in [4.78, 5) is 0. The van der Waals surface area contributed by atoms with E-state index >= 15 is 0 Å². The molecular weight excluding hydrogens is 223 g/mol. The second kappa shape index (κ2) is 5.14. The van der Waals surface area contributed by atoms with Crippen molar-refractivity contribution in [2.45, 2.75) is 13.0 Å². The Hall–Kier alpha value is -0.840. The Bertz CT molecular complexity index is 399. The fourth-order valence-electron chi connectivity index (χ4n) is 1.14. The van der Waals surface area contributed by atoms with Gasteiger partial charge in [-0.3, -0.25) is 0 Å². The lowest BCUT2D eigenvalue weighted by atomic mass is 10.1. The van der Waals surface area contributed by atoms with E-state index in [1.807, 2.05) is 25.1 Å². The molecule has 0 spiro atoms. The molecular formula is C8H12Cl2N4. The van der Waals surface area contributed by atoms with Crippen LogP contribution in [0.4, 0.5) is 0 Å². The summed E-state index contributed by atoms with van der Waals surface area (Å²) >= 11 is 0. The molecule has 78 valence electrons. The zero-order valence-electron chi connectivity index (χ0n) is 7.60. The molecule has 0 saturated heterocycles. The minimum Gasteiger partial charge on any atom is -0.324 e. The highest BCUT2D eigenvalue weighted by atomic mass is 35.5. The highest BCUT2D eigenvalue weighted by molar-refractivity contribution is 5.85. The van der Waals surface area contributed by atoms with E-state index in [0.717, 1.165) is 16.6 Å². The molecule has 0 aliphatic heterocycles. The zero-order chi connectivity index (χ0) is 8.55. The molecule has 0 unspecified atom stereocenters. The van der Waals surface area contributed by atoms with Gasteiger partial charge in [0.1, 0.15) is 11.0 Å². The third kappa shape index (κ3) is 2.35. The number of H-pyrrole nitrogens is 1. The predicted octanol–water partition coefficient (Wildman–Crippen LogP) is 1.82. The van der Waals surface area contributed by atoms with E-state index in [2.05, 4.69) is 15.4 Å². The predicted molar refractivity (Wildman–Crippen MR) is 61.0 cm³/mol. The van der Waals surface area contributed by atoms with Gasteiger partial charge in [-0.1, -0.05) is 6.07 Å². The van der Waals surface area contributed by atoms with Gasteiger partial charge in [0.2, 0.25) is 0 Å². The second-order valence-electron chi connectivity index (χ2n) is 2.86. The minimum atomic E-state index is 0. The van der Waals surface area contributed by atoms with E-state index in [9.17, 15) is 0 Å². The Kier molecular flexibility index (Phi) is 4.83. The molecule has 6 heteroatoms. The van der Waals surface area contributed by atoms with Crippen LogP contribution in [0.3, 0.4) is 0 Å². The molecule has 14 heavy (non-hydrogen) atoms. The molecule has 1 aromatic carbocycles. The van der Waals surface area contributed by atoms with Gasteiger partial charge in [0.05, 0.1) is 0 Å². The van der Waals surface area contributed by atoms with Crippen LogP contribution in [0.15, 0.2) is 18.2 Å². The third-order valence-electron chi connectivity index (χ3n) is 1.87. The summed E-state index contributed by atoms with van der Waals surface area (Å²) in [6.45, 7) is 1.95. The van der Waals surface area contributed by atoms with Crippen molar-refractivity contribution >= 4 is 35.8 Å². The highest BCUT2D eigenvalue weighted by Gasteiger charge is 2.02. The Balaban J connectivity index is 0.000000845. The maximum Gasteiger partial charge on any atom is 0.113 e. The van der Waals surface area contributed by atoms with Crippen molar-refractivity contribution < 1.29 is 0 Å². The fourth-order valence-corrected chi connectivity index (χ4v) is 1.14. The third-order valence-corrected chi connectivity index (χ3v) is 1.87. The van der Waals surface area contributed by atoms with Crippen LogP contribution in [-0.4, -0.2) is 15.4 Å². The summed E-state index contributed by atoms with van der Waals surface area (Å²) in [7, 11) is 0. The largest absolute Gasteiger partial charge is 0.324 e. The topological polar surface area (TPSA) is 67.6 Å². The van der Waals surface area contributed by atoms with E-state index in [1.165, 1.54) is 0 Å². The molecule has 0 radical (unpaired) electrons. The number of halogens is 2. The molecule has 0 aliphatic carbocycles. The molecule has 0 amide bonds. The molecule has 1 heterocycles. The minimum absolute atomic E-state index is 0. The number of nitrogens with one attached hydrogen (secondary N) is 1.